The van der Waals surface area contributed by atoms with Crippen molar-refractivity contribution in [3.05, 3.63) is 41.7 Å². The van der Waals surface area contributed by atoms with Gasteiger partial charge in [0.1, 0.15) is 5.75 Å². The highest BCUT2D eigenvalue weighted by Crippen LogP contribution is 2.18. The van der Waals surface area contributed by atoms with Crippen LogP contribution in [0, 0.1) is 0 Å². The lowest BCUT2D eigenvalue weighted by molar-refractivity contribution is -0.135. The zero-order valence-electron chi connectivity index (χ0n) is 8.51. The van der Waals surface area contributed by atoms with Crippen LogP contribution in [0.5, 0.6) is 5.75 Å². The van der Waals surface area contributed by atoms with Crippen molar-refractivity contribution >= 4 is 11.8 Å². The van der Waals surface area contributed by atoms with Gasteiger partial charge in [-0.1, -0.05) is 12.1 Å². The summed E-state index contributed by atoms with van der Waals surface area (Å²) in [6, 6.07) is 6.34. The topological polar surface area (TPSA) is 83.8 Å². The summed E-state index contributed by atoms with van der Waals surface area (Å²) in [5, 5.41) is 17.3. The summed E-state index contributed by atoms with van der Waals surface area (Å²) < 4.78 is 4.93. The number of aliphatic hydroxyl groups is 1. The van der Waals surface area contributed by atoms with Crippen LogP contribution in [0.1, 0.15) is 10.4 Å². The summed E-state index contributed by atoms with van der Waals surface area (Å²) in [5.41, 5.74) is 0.192. The average Bonchev–Trinajstić information content (AvgIpc) is 2.28. The van der Waals surface area contributed by atoms with Gasteiger partial charge >= 0.3 is 5.97 Å². The second-order valence-corrected chi connectivity index (χ2v) is 2.90. The SMILES string of the molecule is COc1ccccc1C(=O)C=C(O)C(=O)O. The smallest absolute Gasteiger partial charge is 0.371 e. The zero-order chi connectivity index (χ0) is 12.1. The van der Waals surface area contributed by atoms with Gasteiger partial charge in [0.15, 0.2) is 5.78 Å². The van der Waals surface area contributed by atoms with E-state index in [4.69, 9.17) is 14.9 Å². The summed E-state index contributed by atoms with van der Waals surface area (Å²) in [5.74, 6) is -2.86. The lowest BCUT2D eigenvalue weighted by atomic mass is 10.1. The minimum Gasteiger partial charge on any atom is -0.502 e. The molecule has 0 aliphatic heterocycles. The van der Waals surface area contributed by atoms with E-state index < -0.39 is 17.5 Å². The predicted octanol–water partition coefficient (Wildman–Crippen LogP) is 1.40. The third-order valence-corrected chi connectivity index (χ3v) is 1.86. The molecule has 1 aromatic carbocycles. The fraction of sp³-hybridized carbons (Fsp3) is 0.0909. The molecule has 2 N–H and O–H groups in total. The Hall–Kier alpha value is -2.30. The van der Waals surface area contributed by atoms with Crippen molar-refractivity contribution in [2.24, 2.45) is 0 Å². The van der Waals surface area contributed by atoms with E-state index in [2.05, 4.69) is 0 Å². The van der Waals surface area contributed by atoms with Gasteiger partial charge in [-0.05, 0) is 12.1 Å². The number of allylic oxidation sites excluding steroid dienone is 1. The van der Waals surface area contributed by atoms with E-state index in [-0.39, 0.29) is 5.56 Å². The molecule has 0 heterocycles. The number of benzene rings is 1. The van der Waals surface area contributed by atoms with Crippen molar-refractivity contribution in [2.45, 2.75) is 0 Å². The first kappa shape index (κ1) is 11.8. The van der Waals surface area contributed by atoms with E-state index in [1.807, 2.05) is 0 Å². The fourth-order valence-corrected chi connectivity index (χ4v) is 1.11. The molecule has 16 heavy (non-hydrogen) atoms. The van der Waals surface area contributed by atoms with Crippen LogP contribution in [0.4, 0.5) is 0 Å². The minimum absolute atomic E-state index is 0.192. The van der Waals surface area contributed by atoms with Crippen LogP contribution in [-0.4, -0.2) is 29.1 Å². The highest BCUT2D eigenvalue weighted by Gasteiger charge is 2.12. The Bertz CT molecular complexity index is 447. The summed E-state index contributed by atoms with van der Waals surface area (Å²) >= 11 is 0. The third-order valence-electron chi connectivity index (χ3n) is 1.86. The van der Waals surface area contributed by atoms with Gasteiger partial charge in [0.05, 0.1) is 12.7 Å². The fourth-order valence-electron chi connectivity index (χ4n) is 1.11. The van der Waals surface area contributed by atoms with Crippen LogP contribution in [0.3, 0.4) is 0 Å². The maximum Gasteiger partial charge on any atom is 0.371 e. The van der Waals surface area contributed by atoms with Crippen molar-refractivity contribution < 1.29 is 24.5 Å². The number of methoxy groups -OCH3 is 1. The van der Waals surface area contributed by atoms with Gasteiger partial charge in [-0.15, -0.1) is 0 Å². The number of ether oxygens (including phenoxy) is 1. The van der Waals surface area contributed by atoms with Gasteiger partial charge in [-0.25, -0.2) is 4.79 Å². The number of ketones is 1. The van der Waals surface area contributed by atoms with Crippen LogP contribution in [0.25, 0.3) is 0 Å². The number of hydrogen-bond donors (Lipinski definition) is 2. The van der Waals surface area contributed by atoms with Crippen LogP contribution < -0.4 is 4.74 Å². The van der Waals surface area contributed by atoms with Crippen LogP contribution in [0.2, 0.25) is 0 Å². The molecule has 0 fully saturated rings. The molecule has 0 unspecified atom stereocenters. The van der Waals surface area contributed by atoms with E-state index in [9.17, 15) is 9.59 Å². The molecular weight excluding hydrogens is 212 g/mol. The first-order chi connectivity index (χ1) is 7.56. The minimum atomic E-state index is -1.55. The number of carboxylic acid groups (broad SMARTS) is 1. The Balaban J connectivity index is 3.06. The van der Waals surface area contributed by atoms with E-state index >= 15 is 0 Å². The molecule has 0 radical (unpaired) electrons. The molecule has 0 atom stereocenters. The highest BCUT2D eigenvalue weighted by molar-refractivity contribution is 6.09. The zero-order valence-corrected chi connectivity index (χ0v) is 8.51. The van der Waals surface area contributed by atoms with Gasteiger partial charge in [0.2, 0.25) is 5.76 Å². The molecule has 0 amide bonds. The lowest BCUT2D eigenvalue weighted by Crippen LogP contribution is -2.05. The molecule has 5 heteroatoms. The number of carbonyl (C=O) groups excluding carboxylic acids is 1. The molecule has 1 rings (SSSR count). The molecule has 0 aliphatic rings. The van der Waals surface area contributed by atoms with Crippen LogP contribution >= 0.6 is 0 Å². The standard InChI is InChI=1S/C11H10O5/c1-16-10-5-3-2-4-7(10)8(12)6-9(13)11(14)15/h2-6,13H,1H3,(H,14,15). The Kier molecular flexibility index (Phi) is 3.66. The maximum atomic E-state index is 11.6. The van der Waals surface area contributed by atoms with Gasteiger partial charge in [-0.2, -0.15) is 0 Å². The largest absolute Gasteiger partial charge is 0.502 e. The number of aliphatic carboxylic acids is 1. The monoisotopic (exact) mass is 222 g/mol. The first-order valence-corrected chi connectivity index (χ1v) is 4.37. The Morgan fingerprint density at radius 2 is 1.88 bits per heavy atom. The Labute approximate surface area is 91.6 Å². The molecule has 1 aromatic rings. The van der Waals surface area contributed by atoms with E-state index in [1.54, 1.807) is 18.2 Å². The Morgan fingerprint density at radius 1 is 1.25 bits per heavy atom. The molecule has 0 aliphatic carbocycles. The third kappa shape index (κ3) is 2.60. The van der Waals surface area contributed by atoms with Gasteiger partial charge < -0.3 is 14.9 Å². The van der Waals surface area contributed by atoms with E-state index in [0.29, 0.717) is 11.8 Å². The second-order valence-electron chi connectivity index (χ2n) is 2.90. The lowest BCUT2D eigenvalue weighted by Gasteiger charge is -2.04. The van der Waals surface area contributed by atoms with Crippen molar-refractivity contribution in [3.8, 4) is 5.75 Å². The van der Waals surface area contributed by atoms with Crippen molar-refractivity contribution in [3.63, 3.8) is 0 Å². The Morgan fingerprint density at radius 3 is 2.44 bits per heavy atom. The number of hydrogen-bond acceptors (Lipinski definition) is 4. The van der Waals surface area contributed by atoms with Crippen molar-refractivity contribution in [2.75, 3.05) is 7.11 Å². The molecule has 0 saturated heterocycles. The van der Waals surface area contributed by atoms with Crippen LogP contribution in [-0.2, 0) is 4.79 Å². The normalized spacial score (nSPS) is 10.9. The summed E-state index contributed by atoms with van der Waals surface area (Å²) in [6.45, 7) is 0. The number of rotatable bonds is 4. The average molecular weight is 222 g/mol. The molecule has 0 saturated carbocycles. The first-order valence-electron chi connectivity index (χ1n) is 4.37. The molecule has 0 spiro atoms. The number of carbonyl (C=O) groups is 2. The van der Waals surface area contributed by atoms with Gasteiger partial charge in [0.25, 0.3) is 0 Å². The summed E-state index contributed by atoms with van der Waals surface area (Å²) in [6.07, 6.45) is 0.639. The molecule has 5 nitrogen and oxygen atoms in total. The number of aliphatic hydroxyl groups excluding tert-OH is 1. The van der Waals surface area contributed by atoms with Crippen molar-refractivity contribution in [1.29, 1.82) is 0 Å². The maximum absolute atomic E-state index is 11.6. The predicted molar refractivity (Wildman–Crippen MR) is 55.7 cm³/mol. The summed E-state index contributed by atoms with van der Waals surface area (Å²) in [7, 11) is 1.40. The molecule has 0 aromatic heterocycles. The van der Waals surface area contributed by atoms with Crippen LogP contribution in [0.15, 0.2) is 36.1 Å². The quantitative estimate of drug-likeness (QED) is 0.457. The van der Waals surface area contributed by atoms with Crippen molar-refractivity contribution in [1.82, 2.24) is 0 Å². The second kappa shape index (κ2) is 4.97. The molecular formula is C11H10O5. The number of para-hydroxylation sites is 1. The molecule has 0 bridgehead atoms. The molecule has 84 valence electrons. The summed E-state index contributed by atoms with van der Waals surface area (Å²) in [4.78, 5) is 21.9. The van der Waals surface area contributed by atoms with E-state index in [0.717, 1.165) is 0 Å². The highest BCUT2D eigenvalue weighted by atomic mass is 16.5. The van der Waals surface area contributed by atoms with Gasteiger partial charge in [0, 0.05) is 6.08 Å². The van der Waals surface area contributed by atoms with E-state index in [1.165, 1.54) is 13.2 Å². The van der Waals surface area contributed by atoms with Gasteiger partial charge in [-0.3, -0.25) is 4.79 Å². The number of carboxylic acids is 1.